The van der Waals surface area contributed by atoms with E-state index in [-0.39, 0.29) is 5.91 Å². The third kappa shape index (κ3) is 4.23. The minimum atomic E-state index is -0.896. The molecule has 5 nitrogen and oxygen atoms in total. The van der Waals surface area contributed by atoms with Crippen molar-refractivity contribution in [3.05, 3.63) is 0 Å². The standard InChI is InChI=1S/C9H16N2O3/c1-6(9(13)14)10-5-4-8(12)11-7-2-3-7/h6-7,10H,2-5H2,1H3,(H,11,12)(H,13,14). The molecule has 1 rings (SSSR count). The van der Waals surface area contributed by atoms with E-state index in [1.807, 2.05) is 0 Å². The van der Waals surface area contributed by atoms with Crippen LogP contribution in [0.1, 0.15) is 26.2 Å². The maximum absolute atomic E-state index is 11.1. The molecule has 14 heavy (non-hydrogen) atoms. The zero-order valence-electron chi connectivity index (χ0n) is 8.25. The molecule has 0 aliphatic heterocycles. The predicted molar refractivity (Wildman–Crippen MR) is 50.9 cm³/mol. The normalized spacial score (nSPS) is 17.5. The summed E-state index contributed by atoms with van der Waals surface area (Å²) in [6.07, 6.45) is 2.49. The molecule has 0 spiro atoms. The molecular formula is C9H16N2O3. The number of rotatable bonds is 6. The molecule has 1 aliphatic rings. The van der Waals surface area contributed by atoms with Crippen LogP contribution in [0.4, 0.5) is 0 Å². The summed E-state index contributed by atoms with van der Waals surface area (Å²) in [5.41, 5.74) is 0. The molecule has 1 fully saturated rings. The largest absolute Gasteiger partial charge is 0.480 e. The Labute approximate surface area is 82.9 Å². The zero-order chi connectivity index (χ0) is 10.6. The van der Waals surface area contributed by atoms with E-state index in [0.717, 1.165) is 12.8 Å². The average Bonchev–Trinajstić information content (AvgIpc) is 2.87. The number of carboxylic acid groups (broad SMARTS) is 1. The molecule has 5 heteroatoms. The second kappa shape index (κ2) is 4.95. The van der Waals surface area contributed by atoms with Crippen molar-refractivity contribution in [1.29, 1.82) is 0 Å². The third-order valence-electron chi connectivity index (χ3n) is 2.12. The second-order valence-electron chi connectivity index (χ2n) is 3.61. The lowest BCUT2D eigenvalue weighted by molar-refractivity contribution is -0.139. The van der Waals surface area contributed by atoms with Crippen LogP contribution in [0, 0.1) is 0 Å². The summed E-state index contributed by atoms with van der Waals surface area (Å²) in [5, 5.41) is 14.1. The fourth-order valence-corrected chi connectivity index (χ4v) is 1.02. The van der Waals surface area contributed by atoms with Crippen molar-refractivity contribution in [2.75, 3.05) is 6.54 Å². The molecule has 1 amide bonds. The monoisotopic (exact) mass is 200 g/mol. The first-order valence-corrected chi connectivity index (χ1v) is 4.85. The number of nitrogens with one attached hydrogen (secondary N) is 2. The van der Waals surface area contributed by atoms with E-state index in [2.05, 4.69) is 10.6 Å². The summed E-state index contributed by atoms with van der Waals surface area (Å²) in [6, 6.07) is -0.219. The van der Waals surface area contributed by atoms with Gasteiger partial charge < -0.3 is 15.7 Å². The van der Waals surface area contributed by atoms with E-state index in [1.54, 1.807) is 6.92 Å². The van der Waals surface area contributed by atoms with Gasteiger partial charge in [0.1, 0.15) is 6.04 Å². The van der Waals surface area contributed by atoms with Crippen molar-refractivity contribution in [2.24, 2.45) is 0 Å². The first kappa shape index (κ1) is 11.0. The van der Waals surface area contributed by atoms with Crippen LogP contribution in [0.15, 0.2) is 0 Å². The van der Waals surface area contributed by atoms with E-state index in [9.17, 15) is 9.59 Å². The minimum absolute atomic E-state index is 0.00223. The van der Waals surface area contributed by atoms with Gasteiger partial charge in [0.25, 0.3) is 0 Å². The predicted octanol–water partition coefficient (Wildman–Crippen LogP) is -0.282. The van der Waals surface area contributed by atoms with Crippen molar-refractivity contribution in [3.63, 3.8) is 0 Å². The van der Waals surface area contributed by atoms with E-state index >= 15 is 0 Å². The smallest absolute Gasteiger partial charge is 0.320 e. The van der Waals surface area contributed by atoms with Crippen molar-refractivity contribution >= 4 is 11.9 Å². The number of amides is 1. The molecule has 0 aromatic rings. The van der Waals surface area contributed by atoms with Gasteiger partial charge in [-0.3, -0.25) is 9.59 Å². The Bertz CT molecular complexity index is 226. The minimum Gasteiger partial charge on any atom is -0.480 e. The molecule has 80 valence electrons. The lowest BCUT2D eigenvalue weighted by Gasteiger charge is -2.08. The summed E-state index contributed by atoms with van der Waals surface area (Å²) in [6.45, 7) is 1.97. The van der Waals surface area contributed by atoms with E-state index in [0.29, 0.717) is 19.0 Å². The highest BCUT2D eigenvalue weighted by Gasteiger charge is 2.22. The molecule has 1 aliphatic carbocycles. The van der Waals surface area contributed by atoms with Crippen molar-refractivity contribution in [3.8, 4) is 0 Å². The van der Waals surface area contributed by atoms with Gasteiger partial charge in [0.05, 0.1) is 0 Å². The molecule has 0 radical (unpaired) electrons. The Morgan fingerprint density at radius 3 is 2.64 bits per heavy atom. The van der Waals surface area contributed by atoms with Gasteiger partial charge in [-0.05, 0) is 19.8 Å². The summed E-state index contributed by atoms with van der Waals surface area (Å²) in [4.78, 5) is 21.5. The Balaban J connectivity index is 2.01. The van der Waals surface area contributed by atoms with Crippen LogP contribution >= 0.6 is 0 Å². The van der Waals surface area contributed by atoms with Crippen molar-refractivity contribution < 1.29 is 14.7 Å². The number of carbonyl (C=O) groups excluding carboxylic acids is 1. The lowest BCUT2D eigenvalue weighted by atomic mass is 10.3. The topological polar surface area (TPSA) is 78.4 Å². The first-order valence-electron chi connectivity index (χ1n) is 4.85. The lowest BCUT2D eigenvalue weighted by Crippen LogP contribution is -2.37. The first-order chi connectivity index (χ1) is 6.59. The molecule has 0 aromatic heterocycles. The van der Waals surface area contributed by atoms with Crippen LogP contribution in [-0.4, -0.2) is 35.6 Å². The van der Waals surface area contributed by atoms with Crippen LogP contribution < -0.4 is 10.6 Å². The van der Waals surface area contributed by atoms with Crippen molar-refractivity contribution in [2.45, 2.75) is 38.3 Å². The molecule has 0 saturated heterocycles. The number of hydrogen-bond acceptors (Lipinski definition) is 3. The summed E-state index contributed by atoms with van der Waals surface area (Å²) < 4.78 is 0. The Kier molecular flexibility index (Phi) is 3.88. The number of hydrogen-bond donors (Lipinski definition) is 3. The summed E-state index contributed by atoms with van der Waals surface area (Å²) in [7, 11) is 0. The Morgan fingerprint density at radius 2 is 2.14 bits per heavy atom. The molecular weight excluding hydrogens is 184 g/mol. The van der Waals surface area contributed by atoms with Crippen LogP contribution in [0.25, 0.3) is 0 Å². The number of aliphatic carboxylic acids is 1. The maximum atomic E-state index is 11.1. The Hall–Kier alpha value is -1.10. The van der Waals surface area contributed by atoms with Gasteiger partial charge in [-0.25, -0.2) is 0 Å². The van der Waals surface area contributed by atoms with Gasteiger partial charge in [-0.2, -0.15) is 0 Å². The molecule has 1 saturated carbocycles. The van der Waals surface area contributed by atoms with Gasteiger partial charge in [-0.1, -0.05) is 0 Å². The average molecular weight is 200 g/mol. The fraction of sp³-hybridized carbons (Fsp3) is 0.778. The third-order valence-corrected chi connectivity index (χ3v) is 2.12. The van der Waals surface area contributed by atoms with E-state index < -0.39 is 12.0 Å². The van der Waals surface area contributed by atoms with Gasteiger partial charge in [0.15, 0.2) is 0 Å². The van der Waals surface area contributed by atoms with Gasteiger partial charge in [0.2, 0.25) is 5.91 Å². The van der Waals surface area contributed by atoms with Gasteiger partial charge in [0, 0.05) is 19.0 Å². The number of carbonyl (C=O) groups is 2. The van der Waals surface area contributed by atoms with Crippen LogP contribution in [0.5, 0.6) is 0 Å². The van der Waals surface area contributed by atoms with E-state index in [1.165, 1.54) is 0 Å². The molecule has 1 atom stereocenters. The van der Waals surface area contributed by atoms with E-state index in [4.69, 9.17) is 5.11 Å². The Morgan fingerprint density at radius 1 is 1.50 bits per heavy atom. The molecule has 3 N–H and O–H groups in total. The molecule has 1 unspecified atom stereocenters. The van der Waals surface area contributed by atoms with Crippen molar-refractivity contribution in [1.82, 2.24) is 10.6 Å². The zero-order valence-corrected chi connectivity index (χ0v) is 8.25. The molecule has 0 bridgehead atoms. The number of carboxylic acids is 1. The van der Waals surface area contributed by atoms with Gasteiger partial charge in [-0.15, -0.1) is 0 Å². The SMILES string of the molecule is CC(NCCC(=O)NC1CC1)C(=O)O. The van der Waals surface area contributed by atoms with Crippen LogP contribution in [0.2, 0.25) is 0 Å². The summed E-state index contributed by atoms with van der Waals surface area (Å²) >= 11 is 0. The second-order valence-corrected chi connectivity index (χ2v) is 3.61. The molecule has 0 aromatic carbocycles. The highest BCUT2D eigenvalue weighted by molar-refractivity contribution is 5.77. The summed E-state index contributed by atoms with van der Waals surface area (Å²) in [5.74, 6) is -0.898. The van der Waals surface area contributed by atoms with Gasteiger partial charge >= 0.3 is 5.97 Å². The van der Waals surface area contributed by atoms with Crippen LogP contribution in [0.3, 0.4) is 0 Å². The molecule has 0 heterocycles. The quantitative estimate of drug-likeness (QED) is 0.551. The highest BCUT2D eigenvalue weighted by atomic mass is 16.4. The fourth-order valence-electron chi connectivity index (χ4n) is 1.02. The maximum Gasteiger partial charge on any atom is 0.320 e. The highest BCUT2D eigenvalue weighted by Crippen LogP contribution is 2.18. The van der Waals surface area contributed by atoms with Crippen LogP contribution in [-0.2, 0) is 9.59 Å².